The molecule has 0 aliphatic rings. The largest absolute Gasteiger partial charge is 0.298 e. The van der Waals surface area contributed by atoms with E-state index in [1.165, 1.54) is 0 Å². The van der Waals surface area contributed by atoms with Gasteiger partial charge < -0.3 is 0 Å². The zero-order valence-corrected chi connectivity index (χ0v) is 9.45. The Morgan fingerprint density at radius 1 is 0.647 bits per heavy atom. The first-order chi connectivity index (χ1) is 8.09. The number of nitrogens with two attached hydrogens (primary N) is 3. The Morgan fingerprint density at radius 3 is 1.29 bits per heavy atom. The standard InChI is InChI=1S/C13H16N4/c14-13(15,16)17(11-7-3-1-4-8-11)12-9-5-2-6-10-12/h1-10H,14-16H2. The van der Waals surface area contributed by atoms with E-state index in [1.807, 2.05) is 60.7 Å². The second kappa shape index (κ2) is 4.55. The van der Waals surface area contributed by atoms with Crippen molar-refractivity contribution in [3.05, 3.63) is 60.7 Å². The molecule has 0 saturated carbocycles. The number of anilines is 2. The summed E-state index contributed by atoms with van der Waals surface area (Å²) in [5.74, 6) is -1.44. The molecule has 0 aromatic heterocycles. The summed E-state index contributed by atoms with van der Waals surface area (Å²) in [6, 6.07) is 19.2. The maximum absolute atomic E-state index is 5.83. The fourth-order valence-electron chi connectivity index (χ4n) is 1.75. The average Bonchev–Trinajstić information content (AvgIpc) is 2.30. The van der Waals surface area contributed by atoms with Gasteiger partial charge in [0, 0.05) is 11.4 Å². The van der Waals surface area contributed by atoms with Crippen LogP contribution < -0.4 is 22.1 Å². The molecular formula is C13H16N4. The van der Waals surface area contributed by atoms with Gasteiger partial charge in [0.15, 0.2) is 0 Å². The Balaban J connectivity index is 2.48. The molecule has 2 rings (SSSR count). The van der Waals surface area contributed by atoms with Gasteiger partial charge in [0.2, 0.25) is 5.91 Å². The lowest BCUT2D eigenvalue weighted by Crippen LogP contribution is -2.68. The molecule has 0 amide bonds. The van der Waals surface area contributed by atoms with Gasteiger partial charge in [-0.25, -0.2) is 0 Å². The molecule has 88 valence electrons. The summed E-state index contributed by atoms with van der Waals surface area (Å²) in [5, 5.41) is 0. The Labute approximate surface area is 101 Å². The van der Waals surface area contributed by atoms with Gasteiger partial charge in [0.1, 0.15) is 0 Å². The molecule has 0 fully saturated rings. The SMILES string of the molecule is NC(N)(N)N(c1ccccc1)c1ccccc1. The minimum Gasteiger partial charge on any atom is -0.298 e. The minimum atomic E-state index is -1.44. The first-order valence-corrected chi connectivity index (χ1v) is 5.36. The van der Waals surface area contributed by atoms with Crippen molar-refractivity contribution in [1.82, 2.24) is 0 Å². The molecule has 0 spiro atoms. The van der Waals surface area contributed by atoms with Crippen LogP contribution in [0.2, 0.25) is 0 Å². The van der Waals surface area contributed by atoms with Gasteiger partial charge in [-0.3, -0.25) is 22.1 Å². The second-order valence-corrected chi connectivity index (χ2v) is 3.89. The molecule has 2 aromatic carbocycles. The second-order valence-electron chi connectivity index (χ2n) is 3.89. The van der Waals surface area contributed by atoms with E-state index in [4.69, 9.17) is 17.2 Å². The minimum absolute atomic E-state index is 0.853. The van der Waals surface area contributed by atoms with E-state index < -0.39 is 5.91 Å². The molecule has 0 atom stereocenters. The molecule has 4 nitrogen and oxygen atoms in total. The summed E-state index contributed by atoms with van der Waals surface area (Å²) in [4.78, 5) is 1.69. The Bertz CT molecular complexity index is 422. The van der Waals surface area contributed by atoms with E-state index in [0.717, 1.165) is 11.4 Å². The predicted molar refractivity (Wildman–Crippen MR) is 70.3 cm³/mol. The summed E-state index contributed by atoms with van der Waals surface area (Å²) in [7, 11) is 0. The molecule has 6 N–H and O–H groups in total. The molecule has 0 aliphatic carbocycles. The van der Waals surface area contributed by atoms with E-state index in [9.17, 15) is 0 Å². The van der Waals surface area contributed by atoms with E-state index in [2.05, 4.69) is 0 Å². The van der Waals surface area contributed by atoms with E-state index in [0.29, 0.717) is 0 Å². The van der Waals surface area contributed by atoms with Crippen LogP contribution in [-0.4, -0.2) is 5.91 Å². The van der Waals surface area contributed by atoms with Crippen molar-refractivity contribution in [1.29, 1.82) is 0 Å². The van der Waals surface area contributed by atoms with Crippen molar-refractivity contribution >= 4 is 11.4 Å². The smallest absolute Gasteiger partial charge is 0.201 e. The van der Waals surface area contributed by atoms with Crippen molar-refractivity contribution in [3.8, 4) is 0 Å². The molecule has 0 bridgehead atoms. The van der Waals surface area contributed by atoms with E-state index in [1.54, 1.807) is 4.90 Å². The molecule has 0 unspecified atom stereocenters. The Kier molecular flexibility index (Phi) is 3.10. The van der Waals surface area contributed by atoms with Gasteiger partial charge in [-0.2, -0.15) is 0 Å². The number of hydrogen-bond acceptors (Lipinski definition) is 4. The number of nitrogens with zero attached hydrogens (tertiary/aromatic N) is 1. The topological polar surface area (TPSA) is 81.3 Å². The van der Waals surface area contributed by atoms with Crippen molar-refractivity contribution in [2.24, 2.45) is 17.2 Å². The van der Waals surface area contributed by atoms with Gasteiger partial charge in [0.25, 0.3) is 0 Å². The lowest BCUT2D eigenvalue weighted by atomic mass is 10.2. The van der Waals surface area contributed by atoms with Crippen LogP contribution in [0.3, 0.4) is 0 Å². The molecular weight excluding hydrogens is 212 g/mol. The number of benzene rings is 2. The Hall–Kier alpha value is -1.88. The van der Waals surface area contributed by atoms with Crippen LogP contribution in [0.1, 0.15) is 0 Å². The van der Waals surface area contributed by atoms with Crippen LogP contribution in [0.25, 0.3) is 0 Å². The van der Waals surface area contributed by atoms with E-state index in [-0.39, 0.29) is 0 Å². The number of rotatable bonds is 3. The van der Waals surface area contributed by atoms with Crippen LogP contribution in [-0.2, 0) is 0 Å². The third-order valence-electron chi connectivity index (χ3n) is 2.42. The van der Waals surface area contributed by atoms with E-state index >= 15 is 0 Å². The maximum Gasteiger partial charge on any atom is 0.201 e. The molecule has 0 heterocycles. The molecule has 0 radical (unpaired) electrons. The first-order valence-electron chi connectivity index (χ1n) is 5.36. The molecule has 0 saturated heterocycles. The zero-order valence-electron chi connectivity index (χ0n) is 9.45. The monoisotopic (exact) mass is 228 g/mol. The highest BCUT2D eigenvalue weighted by atomic mass is 15.4. The average molecular weight is 228 g/mol. The normalized spacial score (nSPS) is 11.2. The van der Waals surface area contributed by atoms with Gasteiger partial charge in [-0.15, -0.1) is 0 Å². The lowest BCUT2D eigenvalue weighted by Gasteiger charge is -2.36. The van der Waals surface area contributed by atoms with Crippen LogP contribution >= 0.6 is 0 Å². The maximum atomic E-state index is 5.83. The van der Waals surface area contributed by atoms with Gasteiger partial charge in [-0.05, 0) is 24.3 Å². The lowest BCUT2D eigenvalue weighted by molar-refractivity contribution is 0.471. The van der Waals surface area contributed by atoms with Gasteiger partial charge in [-0.1, -0.05) is 36.4 Å². The van der Waals surface area contributed by atoms with Crippen LogP contribution in [0.15, 0.2) is 60.7 Å². The van der Waals surface area contributed by atoms with Crippen molar-refractivity contribution in [3.63, 3.8) is 0 Å². The van der Waals surface area contributed by atoms with Crippen LogP contribution in [0.5, 0.6) is 0 Å². The summed E-state index contributed by atoms with van der Waals surface area (Å²) in [6.07, 6.45) is 0. The quantitative estimate of drug-likeness (QED) is 0.692. The summed E-state index contributed by atoms with van der Waals surface area (Å²) < 4.78 is 0. The van der Waals surface area contributed by atoms with Crippen molar-refractivity contribution in [2.75, 3.05) is 4.90 Å². The summed E-state index contributed by atoms with van der Waals surface area (Å²) >= 11 is 0. The third kappa shape index (κ3) is 2.62. The Morgan fingerprint density at radius 2 is 1.00 bits per heavy atom. The number of hydrogen-bond donors (Lipinski definition) is 3. The molecule has 17 heavy (non-hydrogen) atoms. The van der Waals surface area contributed by atoms with Crippen molar-refractivity contribution < 1.29 is 0 Å². The van der Waals surface area contributed by atoms with Crippen LogP contribution in [0.4, 0.5) is 11.4 Å². The highest BCUT2D eigenvalue weighted by Crippen LogP contribution is 2.26. The molecule has 0 aliphatic heterocycles. The summed E-state index contributed by atoms with van der Waals surface area (Å²) in [6.45, 7) is 0. The highest BCUT2D eigenvalue weighted by Gasteiger charge is 2.24. The highest BCUT2D eigenvalue weighted by molar-refractivity contribution is 5.64. The molecule has 2 aromatic rings. The summed E-state index contributed by atoms with van der Waals surface area (Å²) in [5.41, 5.74) is 19.2. The number of para-hydroxylation sites is 2. The van der Waals surface area contributed by atoms with Gasteiger partial charge in [0.05, 0.1) is 0 Å². The predicted octanol–water partition coefficient (Wildman–Crippen LogP) is 1.31. The van der Waals surface area contributed by atoms with Crippen LogP contribution in [0, 0.1) is 0 Å². The fourth-order valence-corrected chi connectivity index (χ4v) is 1.75. The third-order valence-corrected chi connectivity index (χ3v) is 2.42. The fraction of sp³-hybridized carbons (Fsp3) is 0.0769. The first kappa shape index (κ1) is 11.6. The van der Waals surface area contributed by atoms with Gasteiger partial charge >= 0.3 is 0 Å². The van der Waals surface area contributed by atoms with Crippen molar-refractivity contribution in [2.45, 2.75) is 5.91 Å². The molecule has 4 heteroatoms. The zero-order chi connectivity index (χ0) is 12.3.